The fourth-order valence-corrected chi connectivity index (χ4v) is 2.53. The van der Waals surface area contributed by atoms with Crippen LogP contribution < -0.4 is 5.32 Å². The maximum Gasteiger partial charge on any atom is 0.0374 e. The van der Waals surface area contributed by atoms with E-state index in [1.165, 1.54) is 24.0 Å². The van der Waals surface area contributed by atoms with Gasteiger partial charge in [0.25, 0.3) is 0 Å². The second kappa shape index (κ2) is 4.81. The molecule has 1 aromatic carbocycles. The van der Waals surface area contributed by atoms with Crippen molar-refractivity contribution >= 4 is 0 Å². The van der Waals surface area contributed by atoms with Crippen LogP contribution in [0.1, 0.15) is 63.6 Å². The Kier molecular flexibility index (Phi) is 3.58. The zero-order chi connectivity index (χ0) is 12.5. The molecule has 1 saturated carbocycles. The molecule has 0 spiro atoms. The van der Waals surface area contributed by atoms with Gasteiger partial charge in [0.15, 0.2) is 0 Å². The van der Waals surface area contributed by atoms with Crippen molar-refractivity contribution in [1.82, 2.24) is 5.32 Å². The van der Waals surface area contributed by atoms with E-state index < -0.39 is 0 Å². The van der Waals surface area contributed by atoms with E-state index in [-0.39, 0.29) is 0 Å². The van der Waals surface area contributed by atoms with Gasteiger partial charge < -0.3 is 5.32 Å². The highest BCUT2D eigenvalue weighted by molar-refractivity contribution is 5.29. The summed E-state index contributed by atoms with van der Waals surface area (Å²) < 4.78 is 0. The van der Waals surface area contributed by atoms with Gasteiger partial charge in [0.1, 0.15) is 0 Å². The lowest BCUT2D eigenvalue weighted by molar-refractivity contribution is 0.373. The van der Waals surface area contributed by atoms with Crippen LogP contribution in [0.5, 0.6) is 0 Å². The molecular weight excluding hydrogens is 206 g/mol. The van der Waals surface area contributed by atoms with E-state index in [1.807, 2.05) is 0 Å². The molecule has 1 aromatic rings. The van der Waals surface area contributed by atoms with E-state index in [2.05, 4.69) is 57.3 Å². The molecule has 0 saturated heterocycles. The summed E-state index contributed by atoms with van der Waals surface area (Å²) in [5.74, 6) is 0.623. The van der Waals surface area contributed by atoms with E-state index in [9.17, 15) is 0 Å². The minimum atomic E-state index is 0.495. The molecule has 1 nitrogen and oxygen atoms in total. The molecule has 2 rings (SSSR count). The molecule has 17 heavy (non-hydrogen) atoms. The molecule has 94 valence electrons. The zero-order valence-electron chi connectivity index (χ0n) is 11.6. The number of nitrogens with one attached hydrogen (secondary N) is 1. The lowest BCUT2D eigenvalue weighted by atomic mass is 9.90. The van der Waals surface area contributed by atoms with Crippen LogP contribution in [0, 0.1) is 5.41 Å². The van der Waals surface area contributed by atoms with Crippen molar-refractivity contribution in [3.8, 4) is 0 Å². The summed E-state index contributed by atoms with van der Waals surface area (Å²) in [7, 11) is 0. The molecular formula is C16H25N. The van der Waals surface area contributed by atoms with Crippen molar-refractivity contribution in [3.63, 3.8) is 0 Å². The highest BCUT2D eigenvalue weighted by Crippen LogP contribution is 2.54. The summed E-state index contributed by atoms with van der Waals surface area (Å²) in [6.07, 6.45) is 2.72. The lowest BCUT2D eigenvalue weighted by Crippen LogP contribution is -2.27. The summed E-state index contributed by atoms with van der Waals surface area (Å²) in [6, 6.07) is 9.73. The van der Waals surface area contributed by atoms with Gasteiger partial charge in [0.2, 0.25) is 0 Å². The SMILES string of the molecule is CCNC(c1ccc(C(C)C)cc1)C1(C)CC1. The van der Waals surface area contributed by atoms with Crippen LogP contribution >= 0.6 is 0 Å². The highest BCUT2D eigenvalue weighted by Gasteiger charge is 2.44. The smallest absolute Gasteiger partial charge is 0.0374 e. The minimum Gasteiger partial charge on any atom is -0.310 e. The van der Waals surface area contributed by atoms with Crippen molar-refractivity contribution in [2.24, 2.45) is 5.41 Å². The third-order valence-corrected chi connectivity index (χ3v) is 4.08. The Morgan fingerprint density at radius 1 is 1.12 bits per heavy atom. The Hall–Kier alpha value is -0.820. The van der Waals surface area contributed by atoms with Gasteiger partial charge in [-0.1, -0.05) is 52.0 Å². The van der Waals surface area contributed by atoms with E-state index in [1.54, 1.807) is 0 Å². The van der Waals surface area contributed by atoms with Crippen LogP contribution in [0.15, 0.2) is 24.3 Å². The molecule has 1 unspecified atom stereocenters. The Balaban J connectivity index is 2.18. The van der Waals surface area contributed by atoms with Crippen LogP contribution in [0.2, 0.25) is 0 Å². The predicted octanol–water partition coefficient (Wildman–Crippen LogP) is 4.26. The highest BCUT2D eigenvalue weighted by atomic mass is 14.9. The topological polar surface area (TPSA) is 12.0 Å². The average molecular weight is 231 g/mol. The third-order valence-electron chi connectivity index (χ3n) is 4.08. The molecule has 1 fully saturated rings. The third kappa shape index (κ3) is 2.71. The molecule has 1 heteroatoms. The van der Waals surface area contributed by atoms with Crippen LogP contribution in [0.4, 0.5) is 0 Å². The molecule has 0 radical (unpaired) electrons. The summed E-state index contributed by atoms with van der Waals surface area (Å²) in [5.41, 5.74) is 3.39. The fraction of sp³-hybridized carbons (Fsp3) is 0.625. The van der Waals surface area contributed by atoms with Gasteiger partial charge in [0, 0.05) is 6.04 Å². The largest absolute Gasteiger partial charge is 0.310 e. The van der Waals surface area contributed by atoms with E-state index in [0.29, 0.717) is 17.4 Å². The standard InChI is InChI=1S/C16H25N/c1-5-17-15(16(4)10-11-16)14-8-6-13(7-9-14)12(2)3/h6-9,12,15,17H,5,10-11H2,1-4H3. The van der Waals surface area contributed by atoms with Crippen LogP contribution in [0.25, 0.3) is 0 Å². The molecule has 0 amide bonds. The average Bonchev–Trinajstić information content (AvgIpc) is 3.05. The lowest BCUT2D eigenvalue weighted by Gasteiger charge is -2.25. The quantitative estimate of drug-likeness (QED) is 0.798. The molecule has 0 bridgehead atoms. The monoisotopic (exact) mass is 231 g/mol. The van der Waals surface area contributed by atoms with Gasteiger partial charge >= 0.3 is 0 Å². The van der Waals surface area contributed by atoms with Crippen molar-refractivity contribution in [1.29, 1.82) is 0 Å². The normalized spacial score (nSPS) is 19.4. The van der Waals surface area contributed by atoms with Gasteiger partial charge in [-0.3, -0.25) is 0 Å². The maximum absolute atomic E-state index is 3.65. The Labute approximate surface area is 106 Å². The summed E-state index contributed by atoms with van der Waals surface area (Å²) in [4.78, 5) is 0. The predicted molar refractivity (Wildman–Crippen MR) is 74.3 cm³/mol. The van der Waals surface area contributed by atoms with Gasteiger partial charge in [-0.05, 0) is 41.8 Å². The number of rotatable bonds is 5. The number of hydrogen-bond donors (Lipinski definition) is 1. The Morgan fingerprint density at radius 2 is 1.65 bits per heavy atom. The summed E-state index contributed by atoms with van der Waals surface area (Å²) >= 11 is 0. The zero-order valence-corrected chi connectivity index (χ0v) is 11.6. The first-order valence-electron chi connectivity index (χ1n) is 6.90. The maximum atomic E-state index is 3.65. The van der Waals surface area contributed by atoms with Gasteiger partial charge in [0.05, 0.1) is 0 Å². The van der Waals surface area contributed by atoms with Crippen molar-refractivity contribution in [3.05, 3.63) is 35.4 Å². The molecule has 1 atom stereocenters. The minimum absolute atomic E-state index is 0.495. The van der Waals surface area contributed by atoms with Crippen LogP contribution in [-0.4, -0.2) is 6.54 Å². The number of hydrogen-bond acceptors (Lipinski definition) is 1. The molecule has 0 heterocycles. The van der Waals surface area contributed by atoms with Gasteiger partial charge in [-0.2, -0.15) is 0 Å². The molecule has 0 aliphatic heterocycles. The molecule has 0 aromatic heterocycles. The van der Waals surface area contributed by atoms with E-state index in [4.69, 9.17) is 0 Å². The van der Waals surface area contributed by atoms with Gasteiger partial charge in [-0.15, -0.1) is 0 Å². The van der Waals surface area contributed by atoms with Crippen molar-refractivity contribution in [2.45, 2.75) is 52.5 Å². The van der Waals surface area contributed by atoms with Crippen LogP contribution in [0.3, 0.4) is 0 Å². The second-order valence-electron chi connectivity index (χ2n) is 5.97. The van der Waals surface area contributed by atoms with Crippen LogP contribution in [-0.2, 0) is 0 Å². The Bertz CT molecular complexity index is 360. The molecule has 1 aliphatic carbocycles. The first-order chi connectivity index (χ1) is 8.07. The van der Waals surface area contributed by atoms with Crippen molar-refractivity contribution < 1.29 is 0 Å². The number of benzene rings is 1. The van der Waals surface area contributed by atoms with E-state index in [0.717, 1.165) is 6.54 Å². The first-order valence-corrected chi connectivity index (χ1v) is 6.90. The first kappa shape index (κ1) is 12.6. The van der Waals surface area contributed by atoms with E-state index >= 15 is 0 Å². The summed E-state index contributed by atoms with van der Waals surface area (Å²) in [5, 5.41) is 3.65. The summed E-state index contributed by atoms with van der Waals surface area (Å²) in [6.45, 7) is 10.1. The Morgan fingerprint density at radius 3 is 2.06 bits per heavy atom. The molecule has 1 aliphatic rings. The second-order valence-corrected chi connectivity index (χ2v) is 5.97. The van der Waals surface area contributed by atoms with Crippen molar-refractivity contribution in [2.75, 3.05) is 6.54 Å². The fourth-order valence-electron chi connectivity index (χ4n) is 2.53. The van der Waals surface area contributed by atoms with Gasteiger partial charge in [-0.25, -0.2) is 0 Å². The molecule has 1 N–H and O–H groups in total.